The number of carbonyl (C=O) groups is 2. The number of benzene rings is 2. The van der Waals surface area contributed by atoms with Crippen LogP contribution in [0.5, 0.6) is 5.75 Å². The fourth-order valence-corrected chi connectivity index (χ4v) is 5.10. The number of rotatable bonds is 10. The second-order valence-corrected chi connectivity index (χ2v) is 11.3. The predicted molar refractivity (Wildman–Crippen MR) is 149 cm³/mol. The van der Waals surface area contributed by atoms with Crippen molar-refractivity contribution >= 4 is 17.7 Å². The Balaban J connectivity index is 1.88. The quantitative estimate of drug-likeness (QED) is 0.436. The molecule has 2 N–H and O–H groups in total. The average Bonchev–Trinajstić information content (AvgIpc) is 2.89. The maximum absolute atomic E-state index is 14.2. The minimum absolute atomic E-state index is 0.0858. The summed E-state index contributed by atoms with van der Waals surface area (Å²) in [7, 11) is 1.65. The lowest BCUT2D eigenvalue weighted by molar-refractivity contribution is -0.291. The van der Waals surface area contributed by atoms with Crippen molar-refractivity contribution in [2.24, 2.45) is 23.0 Å². The molecule has 1 saturated heterocycles. The first-order valence-corrected chi connectivity index (χ1v) is 13.3. The van der Waals surface area contributed by atoms with E-state index in [4.69, 9.17) is 19.9 Å². The maximum Gasteiger partial charge on any atom is 0.407 e. The van der Waals surface area contributed by atoms with E-state index in [9.17, 15) is 9.59 Å². The molecule has 2 aromatic carbocycles. The number of piperazine rings is 1. The Morgan fingerprint density at radius 2 is 1.55 bits per heavy atom. The van der Waals surface area contributed by atoms with Crippen LogP contribution in [-0.2, 0) is 20.9 Å². The number of amides is 2. The van der Waals surface area contributed by atoms with Gasteiger partial charge in [-0.25, -0.2) is 4.79 Å². The highest BCUT2D eigenvalue weighted by Gasteiger charge is 2.57. The number of ether oxygens (including phenoxy) is 3. The molecule has 0 bridgehead atoms. The molecule has 8 nitrogen and oxygen atoms in total. The van der Waals surface area contributed by atoms with E-state index in [-0.39, 0.29) is 18.4 Å². The summed E-state index contributed by atoms with van der Waals surface area (Å²) in [5.74, 6) is -1.41. The van der Waals surface area contributed by atoms with Gasteiger partial charge in [-0.15, -0.1) is 0 Å². The number of nitrogens with zero attached hydrogens (tertiary/aromatic N) is 2. The summed E-state index contributed by atoms with van der Waals surface area (Å²) in [6.45, 7) is 12.5. The molecule has 1 heterocycles. The molecule has 0 aromatic heterocycles. The van der Waals surface area contributed by atoms with Crippen molar-refractivity contribution in [1.82, 2.24) is 4.90 Å². The molecule has 1 unspecified atom stereocenters. The molecule has 1 aliphatic heterocycles. The van der Waals surface area contributed by atoms with Crippen LogP contribution in [0.4, 0.5) is 10.5 Å². The second-order valence-electron chi connectivity index (χ2n) is 11.3. The lowest BCUT2D eigenvalue weighted by Gasteiger charge is -2.49. The summed E-state index contributed by atoms with van der Waals surface area (Å²) >= 11 is 0. The van der Waals surface area contributed by atoms with E-state index in [1.165, 1.54) is 0 Å². The Labute approximate surface area is 227 Å². The third-order valence-corrected chi connectivity index (χ3v) is 7.09. The van der Waals surface area contributed by atoms with E-state index in [0.29, 0.717) is 32.6 Å². The van der Waals surface area contributed by atoms with Gasteiger partial charge in [0.05, 0.1) is 13.7 Å². The molecule has 8 heteroatoms. The van der Waals surface area contributed by atoms with E-state index >= 15 is 0 Å². The van der Waals surface area contributed by atoms with Crippen LogP contribution in [0.2, 0.25) is 0 Å². The maximum atomic E-state index is 14.2. The zero-order valence-corrected chi connectivity index (χ0v) is 23.6. The summed E-state index contributed by atoms with van der Waals surface area (Å²) in [6, 6.07) is 17.6. The van der Waals surface area contributed by atoms with Crippen molar-refractivity contribution in [3.63, 3.8) is 0 Å². The summed E-state index contributed by atoms with van der Waals surface area (Å²) in [4.78, 5) is 30.6. The molecule has 1 aliphatic rings. The van der Waals surface area contributed by atoms with Crippen LogP contribution in [0.15, 0.2) is 54.6 Å². The van der Waals surface area contributed by atoms with Crippen LogP contribution >= 0.6 is 0 Å². The van der Waals surface area contributed by atoms with Gasteiger partial charge >= 0.3 is 6.09 Å². The molecular formula is C30H43N3O5. The minimum atomic E-state index is -1.55. The fourth-order valence-electron chi connectivity index (χ4n) is 5.10. The number of hydrogen-bond acceptors (Lipinski definition) is 6. The molecule has 0 spiro atoms. The first-order valence-electron chi connectivity index (χ1n) is 13.3. The Bertz CT molecular complexity index is 1040. The first-order chi connectivity index (χ1) is 18.0. The molecule has 2 atom stereocenters. The SMILES string of the molecule is COc1ccc(N2CCN(C(=O)[C@@H](CC(C)C)C(OCc3ccccc3)(OC(N)=O)C(C)(C)C)CC2)cc1. The lowest BCUT2D eigenvalue weighted by atomic mass is 9.73. The van der Waals surface area contributed by atoms with E-state index < -0.39 is 23.2 Å². The zero-order chi connectivity index (χ0) is 27.9. The zero-order valence-electron chi connectivity index (χ0n) is 23.6. The van der Waals surface area contributed by atoms with Gasteiger partial charge in [0.2, 0.25) is 11.7 Å². The van der Waals surface area contributed by atoms with Gasteiger partial charge in [0.25, 0.3) is 0 Å². The lowest BCUT2D eigenvalue weighted by Crippen LogP contribution is -2.61. The van der Waals surface area contributed by atoms with Gasteiger partial charge in [-0.2, -0.15) is 0 Å². The highest BCUT2D eigenvalue weighted by Crippen LogP contribution is 2.45. The normalized spacial score (nSPS) is 16.6. The van der Waals surface area contributed by atoms with Crippen molar-refractivity contribution in [1.29, 1.82) is 0 Å². The van der Waals surface area contributed by atoms with Crippen LogP contribution in [0.3, 0.4) is 0 Å². The van der Waals surface area contributed by atoms with E-state index in [1.807, 2.05) is 80.3 Å². The van der Waals surface area contributed by atoms with Crippen molar-refractivity contribution in [2.45, 2.75) is 53.4 Å². The molecule has 0 aliphatic carbocycles. The number of hydrogen-bond donors (Lipinski definition) is 1. The Morgan fingerprint density at radius 1 is 0.947 bits per heavy atom. The summed E-state index contributed by atoms with van der Waals surface area (Å²) < 4.78 is 17.6. The number of carbonyl (C=O) groups excluding carboxylic acids is 2. The van der Waals surface area contributed by atoms with Gasteiger partial charge in [-0.05, 0) is 42.2 Å². The Kier molecular flexibility index (Phi) is 9.66. The smallest absolute Gasteiger partial charge is 0.407 e. The predicted octanol–water partition coefficient (Wildman–Crippen LogP) is 5.06. The molecule has 0 radical (unpaired) electrons. The molecule has 0 saturated carbocycles. The highest BCUT2D eigenvalue weighted by molar-refractivity contribution is 5.81. The molecular weight excluding hydrogens is 482 g/mol. The van der Waals surface area contributed by atoms with Crippen molar-refractivity contribution in [3.8, 4) is 5.75 Å². The monoisotopic (exact) mass is 525 g/mol. The summed E-state index contributed by atoms with van der Waals surface area (Å²) in [5, 5.41) is 0. The molecule has 38 heavy (non-hydrogen) atoms. The van der Waals surface area contributed by atoms with Crippen molar-refractivity contribution in [3.05, 3.63) is 60.2 Å². The number of methoxy groups -OCH3 is 1. The van der Waals surface area contributed by atoms with Gasteiger partial charge in [-0.1, -0.05) is 65.0 Å². The molecule has 2 amide bonds. The van der Waals surface area contributed by atoms with E-state index in [2.05, 4.69) is 18.7 Å². The molecule has 1 fully saturated rings. The van der Waals surface area contributed by atoms with E-state index in [0.717, 1.165) is 17.0 Å². The first kappa shape index (κ1) is 29.3. The van der Waals surface area contributed by atoms with Gasteiger partial charge in [0.15, 0.2) is 0 Å². The van der Waals surface area contributed by atoms with Crippen LogP contribution in [-0.4, -0.2) is 56.0 Å². The standard InChI is InChI=1S/C30H43N3O5/c1-22(2)20-26(27(34)33-18-16-32(17-19-33)24-12-14-25(36-6)15-13-24)30(29(3,4)5,38-28(31)35)37-21-23-10-8-7-9-11-23/h7-15,22,26H,16-21H2,1-6H3,(H2,31,35)/t26-,30?/m1/s1. The third-order valence-electron chi connectivity index (χ3n) is 7.09. The largest absolute Gasteiger partial charge is 0.497 e. The van der Waals surface area contributed by atoms with Crippen LogP contribution < -0.4 is 15.4 Å². The van der Waals surface area contributed by atoms with E-state index in [1.54, 1.807) is 7.11 Å². The molecule has 2 aromatic rings. The Morgan fingerprint density at radius 3 is 2.05 bits per heavy atom. The van der Waals surface area contributed by atoms with Crippen molar-refractivity contribution < 1.29 is 23.8 Å². The summed E-state index contributed by atoms with van der Waals surface area (Å²) in [5.41, 5.74) is 6.88. The molecule has 3 rings (SSSR count). The van der Waals surface area contributed by atoms with Gasteiger partial charge in [-0.3, -0.25) is 4.79 Å². The van der Waals surface area contributed by atoms with Gasteiger partial charge in [0.1, 0.15) is 11.7 Å². The molecule has 208 valence electrons. The topological polar surface area (TPSA) is 94.3 Å². The summed E-state index contributed by atoms with van der Waals surface area (Å²) in [6.07, 6.45) is -0.476. The second kappa shape index (κ2) is 12.5. The fraction of sp³-hybridized carbons (Fsp3) is 0.533. The van der Waals surface area contributed by atoms with Crippen LogP contribution in [0.1, 0.15) is 46.6 Å². The average molecular weight is 526 g/mol. The van der Waals surface area contributed by atoms with Crippen LogP contribution in [0.25, 0.3) is 0 Å². The number of nitrogens with two attached hydrogens (primary N) is 1. The van der Waals surface area contributed by atoms with Crippen LogP contribution in [0, 0.1) is 17.3 Å². The minimum Gasteiger partial charge on any atom is -0.497 e. The van der Waals surface area contributed by atoms with Crippen molar-refractivity contribution in [2.75, 3.05) is 38.2 Å². The highest BCUT2D eigenvalue weighted by atomic mass is 16.7. The van der Waals surface area contributed by atoms with Gasteiger partial charge < -0.3 is 29.7 Å². The number of primary amides is 1. The number of anilines is 1. The third kappa shape index (κ3) is 6.98. The Hall–Kier alpha value is -3.26. The van der Waals surface area contributed by atoms with Gasteiger partial charge in [0, 0.05) is 37.3 Å².